The minimum Gasteiger partial charge on any atom is -0.355 e. The normalized spacial score (nSPS) is 22.4. The van der Waals surface area contributed by atoms with Crippen LogP contribution in [0.3, 0.4) is 0 Å². The summed E-state index contributed by atoms with van der Waals surface area (Å²) in [4.78, 5) is 11.8. The van der Waals surface area contributed by atoms with Crippen molar-refractivity contribution >= 4 is 15.8 Å². The first kappa shape index (κ1) is 22.2. The molecule has 4 rings (SSSR count). The SMILES string of the molecule is CC1CCN(c2ccc(S(=O)(=O)N3CCN(C)CC3)cn2)CCN1Cc1ccccc1. The number of benzene rings is 1. The summed E-state index contributed by atoms with van der Waals surface area (Å²) in [5.74, 6) is 0.853. The van der Waals surface area contributed by atoms with Gasteiger partial charge in [0.15, 0.2) is 0 Å². The molecule has 8 heteroatoms. The lowest BCUT2D eigenvalue weighted by Crippen LogP contribution is -2.47. The van der Waals surface area contributed by atoms with Gasteiger partial charge in [-0.15, -0.1) is 0 Å². The van der Waals surface area contributed by atoms with Crippen LogP contribution in [0.25, 0.3) is 0 Å². The molecule has 2 fully saturated rings. The topological polar surface area (TPSA) is 60.0 Å². The van der Waals surface area contributed by atoms with Gasteiger partial charge < -0.3 is 9.80 Å². The molecule has 2 aliphatic heterocycles. The molecule has 2 aromatic rings. The lowest BCUT2D eigenvalue weighted by atomic mass is 10.1. The third kappa shape index (κ3) is 5.26. The van der Waals surface area contributed by atoms with E-state index < -0.39 is 10.0 Å². The predicted octanol–water partition coefficient (Wildman–Crippen LogP) is 2.12. The Morgan fingerprint density at radius 2 is 1.68 bits per heavy atom. The van der Waals surface area contributed by atoms with Crippen molar-refractivity contribution in [1.29, 1.82) is 0 Å². The fourth-order valence-corrected chi connectivity index (χ4v) is 5.65. The monoisotopic (exact) mass is 443 g/mol. The van der Waals surface area contributed by atoms with Gasteiger partial charge >= 0.3 is 0 Å². The number of nitrogens with zero attached hydrogens (tertiary/aromatic N) is 5. The van der Waals surface area contributed by atoms with Crippen LogP contribution in [0.1, 0.15) is 18.9 Å². The molecule has 2 aliphatic rings. The van der Waals surface area contributed by atoms with Crippen LogP contribution in [0.15, 0.2) is 53.6 Å². The zero-order chi connectivity index (χ0) is 21.8. The molecule has 0 radical (unpaired) electrons. The largest absolute Gasteiger partial charge is 0.355 e. The Kier molecular flexibility index (Phi) is 6.91. The van der Waals surface area contributed by atoms with Crippen LogP contribution >= 0.6 is 0 Å². The summed E-state index contributed by atoms with van der Waals surface area (Å²) in [5.41, 5.74) is 1.33. The van der Waals surface area contributed by atoms with Gasteiger partial charge in [0.2, 0.25) is 10.0 Å². The molecule has 7 nitrogen and oxygen atoms in total. The number of likely N-dealkylation sites (N-methyl/N-ethyl adjacent to an activating group) is 1. The van der Waals surface area contributed by atoms with Crippen molar-refractivity contribution in [2.45, 2.75) is 30.8 Å². The molecule has 0 N–H and O–H groups in total. The highest BCUT2D eigenvalue weighted by Crippen LogP contribution is 2.22. The zero-order valence-corrected chi connectivity index (χ0v) is 19.3. The fraction of sp³-hybridized carbons (Fsp3) is 0.522. The average molecular weight is 444 g/mol. The second kappa shape index (κ2) is 9.65. The second-order valence-electron chi connectivity index (χ2n) is 8.64. The molecule has 2 saturated heterocycles. The number of piperazine rings is 1. The van der Waals surface area contributed by atoms with E-state index in [0.29, 0.717) is 19.1 Å². The first-order valence-corrected chi connectivity index (χ1v) is 12.5. The Morgan fingerprint density at radius 3 is 2.35 bits per heavy atom. The van der Waals surface area contributed by atoms with Crippen molar-refractivity contribution in [2.24, 2.45) is 0 Å². The van der Waals surface area contributed by atoms with Gasteiger partial charge in [-0.25, -0.2) is 13.4 Å². The highest BCUT2D eigenvalue weighted by Gasteiger charge is 2.28. The van der Waals surface area contributed by atoms with E-state index in [1.165, 1.54) is 11.8 Å². The Morgan fingerprint density at radius 1 is 0.935 bits per heavy atom. The smallest absolute Gasteiger partial charge is 0.244 e. The minimum absolute atomic E-state index is 0.287. The number of anilines is 1. The quantitative estimate of drug-likeness (QED) is 0.706. The van der Waals surface area contributed by atoms with Gasteiger partial charge in [0, 0.05) is 64.6 Å². The number of hydrogen-bond acceptors (Lipinski definition) is 6. The molecule has 1 aromatic carbocycles. The molecular formula is C23H33N5O2S. The van der Waals surface area contributed by atoms with Crippen LogP contribution in [0, 0.1) is 0 Å². The Balaban J connectivity index is 1.41. The Labute approximate surface area is 186 Å². The predicted molar refractivity (Wildman–Crippen MR) is 124 cm³/mol. The van der Waals surface area contributed by atoms with Crippen LogP contribution in [0.4, 0.5) is 5.82 Å². The molecule has 31 heavy (non-hydrogen) atoms. The van der Waals surface area contributed by atoms with E-state index in [1.807, 2.05) is 13.1 Å². The van der Waals surface area contributed by atoms with Gasteiger partial charge in [0.1, 0.15) is 10.7 Å². The van der Waals surface area contributed by atoms with Gasteiger partial charge in [-0.05, 0) is 38.1 Å². The molecule has 1 aromatic heterocycles. The molecule has 1 atom stereocenters. The average Bonchev–Trinajstić information content (AvgIpc) is 2.97. The van der Waals surface area contributed by atoms with Gasteiger partial charge in [-0.2, -0.15) is 4.31 Å². The van der Waals surface area contributed by atoms with E-state index in [1.54, 1.807) is 10.4 Å². The lowest BCUT2D eigenvalue weighted by molar-refractivity contribution is 0.212. The number of aromatic nitrogens is 1. The maximum absolute atomic E-state index is 12.9. The maximum atomic E-state index is 12.9. The van der Waals surface area contributed by atoms with Crippen LogP contribution in [-0.4, -0.2) is 86.4 Å². The van der Waals surface area contributed by atoms with Gasteiger partial charge in [0.25, 0.3) is 0 Å². The molecule has 0 spiro atoms. The first-order chi connectivity index (χ1) is 14.9. The van der Waals surface area contributed by atoms with Gasteiger partial charge in [0.05, 0.1) is 0 Å². The van der Waals surface area contributed by atoms with Crippen molar-refractivity contribution in [3.8, 4) is 0 Å². The summed E-state index contributed by atoms with van der Waals surface area (Å²) in [7, 11) is -1.46. The molecule has 0 aliphatic carbocycles. The number of rotatable bonds is 5. The molecule has 0 amide bonds. The summed E-state index contributed by atoms with van der Waals surface area (Å²) in [5, 5.41) is 0. The highest BCUT2D eigenvalue weighted by atomic mass is 32.2. The molecule has 3 heterocycles. The number of hydrogen-bond donors (Lipinski definition) is 0. The van der Waals surface area contributed by atoms with Crippen molar-refractivity contribution < 1.29 is 8.42 Å². The standard InChI is InChI=1S/C23H33N5O2S/c1-20-10-11-26(14-15-27(20)19-21-6-4-3-5-7-21)23-9-8-22(18-24-23)31(29,30)28-16-12-25(2)13-17-28/h3-9,18,20H,10-17,19H2,1-2H3. The number of pyridine rings is 1. The van der Waals surface area contributed by atoms with Crippen LogP contribution < -0.4 is 4.90 Å². The lowest BCUT2D eigenvalue weighted by Gasteiger charge is -2.31. The number of sulfonamides is 1. The molecule has 0 bridgehead atoms. The van der Waals surface area contributed by atoms with E-state index >= 15 is 0 Å². The summed E-state index contributed by atoms with van der Waals surface area (Å²) < 4.78 is 27.5. The zero-order valence-electron chi connectivity index (χ0n) is 18.5. The summed E-state index contributed by atoms with van der Waals surface area (Å²) in [6, 6.07) is 14.6. The molecule has 1 unspecified atom stereocenters. The van der Waals surface area contributed by atoms with Crippen LogP contribution in [-0.2, 0) is 16.6 Å². The summed E-state index contributed by atoms with van der Waals surface area (Å²) in [6.07, 6.45) is 2.58. The minimum atomic E-state index is -3.47. The van der Waals surface area contributed by atoms with E-state index in [9.17, 15) is 8.42 Å². The Bertz CT molecular complexity index is 944. The molecule has 168 valence electrons. The van der Waals surface area contributed by atoms with E-state index in [2.05, 4.69) is 56.9 Å². The molecular weight excluding hydrogens is 410 g/mol. The van der Waals surface area contributed by atoms with E-state index in [-0.39, 0.29) is 4.90 Å². The third-order valence-corrected chi connectivity index (χ3v) is 8.35. The fourth-order valence-electron chi connectivity index (χ4n) is 4.28. The second-order valence-corrected chi connectivity index (χ2v) is 10.6. The Hall–Kier alpha value is -2.00. The van der Waals surface area contributed by atoms with E-state index in [4.69, 9.17) is 0 Å². The van der Waals surface area contributed by atoms with Crippen molar-refractivity contribution in [2.75, 3.05) is 57.8 Å². The van der Waals surface area contributed by atoms with Crippen molar-refractivity contribution in [1.82, 2.24) is 19.1 Å². The third-order valence-electron chi connectivity index (χ3n) is 6.47. The first-order valence-electron chi connectivity index (χ1n) is 11.1. The highest BCUT2D eigenvalue weighted by molar-refractivity contribution is 7.89. The summed E-state index contributed by atoms with van der Waals surface area (Å²) in [6.45, 7) is 8.57. The van der Waals surface area contributed by atoms with Crippen LogP contribution in [0.2, 0.25) is 0 Å². The summed E-state index contributed by atoms with van der Waals surface area (Å²) >= 11 is 0. The van der Waals surface area contributed by atoms with Crippen LogP contribution in [0.5, 0.6) is 0 Å². The van der Waals surface area contributed by atoms with Crippen molar-refractivity contribution in [3.05, 3.63) is 54.2 Å². The molecule has 0 saturated carbocycles. The van der Waals surface area contributed by atoms with Gasteiger partial charge in [-0.1, -0.05) is 30.3 Å². The van der Waals surface area contributed by atoms with Gasteiger partial charge in [-0.3, -0.25) is 4.90 Å². The maximum Gasteiger partial charge on any atom is 0.244 e. The van der Waals surface area contributed by atoms with E-state index in [0.717, 1.165) is 51.5 Å². The van der Waals surface area contributed by atoms with Crippen molar-refractivity contribution in [3.63, 3.8) is 0 Å².